The molecule has 6 aromatic rings. The Balaban J connectivity index is 1.22. The van der Waals surface area contributed by atoms with E-state index < -0.39 is 0 Å². The summed E-state index contributed by atoms with van der Waals surface area (Å²) in [7, 11) is 0. The van der Waals surface area contributed by atoms with Crippen molar-refractivity contribution >= 4 is 0 Å². The third-order valence-corrected chi connectivity index (χ3v) is 12.0. The van der Waals surface area contributed by atoms with E-state index in [1.54, 1.807) is 0 Å². The van der Waals surface area contributed by atoms with E-state index in [1.165, 1.54) is 22.3 Å². The lowest BCUT2D eigenvalue weighted by Crippen LogP contribution is -2.05. The normalized spacial score (nSPS) is 12.4. The molecule has 0 bridgehead atoms. The molecular weight excluding hydrogens is 713 g/mol. The first-order valence-electron chi connectivity index (χ1n) is 21.2. The average Bonchev–Trinajstić information content (AvgIpc) is 3.19. The van der Waals surface area contributed by atoms with Gasteiger partial charge in [-0.2, -0.15) is 0 Å². The first kappa shape index (κ1) is 42.1. The highest BCUT2D eigenvalue weighted by Gasteiger charge is 2.21. The van der Waals surface area contributed by atoms with Gasteiger partial charge < -0.3 is 19.7 Å². The first-order valence-corrected chi connectivity index (χ1v) is 21.2. The fourth-order valence-electron chi connectivity index (χ4n) is 8.56. The Labute approximate surface area is 347 Å². The maximum Gasteiger partial charge on any atom is 0.131 e. The highest BCUT2D eigenvalue weighted by Crippen LogP contribution is 2.46. The molecule has 6 aromatic carbocycles. The molecule has 0 amide bonds. The number of rotatable bonds is 15. The van der Waals surface area contributed by atoms with E-state index in [4.69, 9.17) is 9.47 Å². The largest absolute Gasteiger partial charge is 0.507 e. The topological polar surface area (TPSA) is 58.9 Å². The lowest BCUT2D eigenvalue weighted by atomic mass is 9.89. The first-order chi connectivity index (χ1) is 27.8. The van der Waals surface area contributed by atoms with Crippen molar-refractivity contribution < 1.29 is 19.7 Å². The van der Waals surface area contributed by atoms with E-state index in [0.717, 1.165) is 104 Å². The van der Waals surface area contributed by atoms with Crippen LogP contribution < -0.4 is 9.47 Å². The second-order valence-corrected chi connectivity index (χ2v) is 16.5. The minimum Gasteiger partial charge on any atom is -0.507 e. The van der Waals surface area contributed by atoms with Crippen LogP contribution in [0.5, 0.6) is 23.0 Å². The minimum atomic E-state index is 0.271. The summed E-state index contributed by atoms with van der Waals surface area (Å²) in [4.78, 5) is 0. The molecule has 58 heavy (non-hydrogen) atoms. The molecule has 302 valence electrons. The molecular formula is C54H62O4. The van der Waals surface area contributed by atoms with E-state index >= 15 is 0 Å². The number of hydrogen-bond acceptors (Lipinski definition) is 4. The number of aromatic hydroxyl groups is 2. The summed E-state index contributed by atoms with van der Waals surface area (Å²) in [5, 5.41) is 23.8. The van der Waals surface area contributed by atoms with Crippen LogP contribution in [0, 0.1) is 41.5 Å². The second kappa shape index (κ2) is 18.4. The van der Waals surface area contributed by atoms with Crippen LogP contribution in [0.3, 0.4) is 0 Å². The fourth-order valence-corrected chi connectivity index (χ4v) is 8.56. The van der Waals surface area contributed by atoms with E-state index in [9.17, 15) is 10.2 Å². The predicted molar refractivity (Wildman–Crippen MR) is 244 cm³/mol. The highest BCUT2D eigenvalue weighted by molar-refractivity contribution is 5.88. The van der Waals surface area contributed by atoms with Gasteiger partial charge >= 0.3 is 0 Å². The summed E-state index contributed by atoms with van der Waals surface area (Å²) in [6, 6.07) is 33.6. The molecule has 0 saturated carbocycles. The van der Waals surface area contributed by atoms with Gasteiger partial charge in [0.05, 0.1) is 13.2 Å². The standard InChI is InChI=1S/C54H62O4/c1-11-35(5)41-21-23-49(47(31-41)43-17-15-19-45(53(43)55)51-37(7)27-33(3)28-38(51)8)57-25-13-14-26-58-50-24-22-42(36(6)12-2)32-48(50)44-18-16-20-46(54(44)56)52-39(9)29-34(4)30-40(52)10/h15-24,27-32,35-36,55-56H,11-14,25-26H2,1-10H3. The third-order valence-electron chi connectivity index (χ3n) is 12.0. The molecule has 4 heteroatoms. The molecule has 0 aromatic heterocycles. The zero-order chi connectivity index (χ0) is 41.7. The van der Waals surface area contributed by atoms with Gasteiger partial charge in [-0.3, -0.25) is 0 Å². The van der Waals surface area contributed by atoms with E-state index in [2.05, 4.69) is 130 Å². The van der Waals surface area contributed by atoms with Gasteiger partial charge in [-0.1, -0.05) is 112 Å². The Kier molecular flexibility index (Phi) is 13.4. The Morgan fingerprint density at radius 3 is 1.14 bits per heavy atom. The van der Waals surface area contributed by atoms with Gasteiger partial charge in [0.2, 0.25) is 0 Å². The van der Waals surface area contributed by atoms with Gasteiger partial charge in [-0.05, 0) is 148 Å². The van der Waals surface area contributed by atoms with Crippen molar-refractivity contribution in [1.82, 2.24) is 0 Å². The Bertz CT molecular complexity index is 2190. The van der Waals surface area contributed by atoms with Crippen molar-refractivity contribution in [1.29, 1.82) is 0 Å². The van der Waals surface area contributed by atoms with Crippen molar-refractivity contribution in [3.8, 4) is 67.5 Å². The van der Waals surface area contributed by atoms with Crippen molar-refractivity contribution in [3.05, 3.63) is 142 Å². The summed E-state index contributed by atoms with van der Waals surface area (Å²) >= 11 is 0. The molecule has 0 aliphatic carbocycles. The number of ether oxygens (including phenoxy) is 2. The van der Waals surface area contributed by atoms with Gasteiger partial charge in [0.1, 0.15) is 23.0 Å². The zero-order valence-corrected chi connectivity index (χ0v) is 36.3. The third kappa shape index (κ3) is 8.97. The van der Waals surface area contributed by atoms with E-state index in [1.807, 2.05) is 36.4 Å². The number of aryl methyl sites for hydroxylation is 6. The van der Waals surface area contributed by atoms with Gasteiger partial charge in [0.15, 0.2) is 0 Å². The van der Waals surface area contributed by atoms with Crippen LogP contribution in [0.1, 0.15) is 110 Å². The number of para-hydroxylation sites is 2. The van der Waals surface area contributed by atoms with Crippen molar-refractivity contribution in [2.45, 2.75) is 107 Å². The summed E-state index contributed by atoms with van der Waals surface area (Å²) < 4.78 is 13.0. The van der Waals surface area contributed by atoms with Crippen LogP contribution in [0.4, 0.5) is 0 Å². The van der Waals surface area contributed by atoms with E-state index in [0.29, 0.717) is 25.0 Å². The number of phenolic OH excluding ortho intramolecular Hbond substituents is 2. The molecule has 2 N–H and O–H groups in total. The monoisotopic (exact) mass is 774 g/mol. The number of phenols is 2. The number of benzene rings is 6. The van der Waals surface area contributed by atoms with Crippen LogP contribution in [-0.4, -0.2) is 23.4 Å². The molecule has 0 radical (unpaired) electrons. The van der Waals surface area contributed by atoms with Crippen molar-refractivity contribution in [3.63, 3.8) is 0 Å². The second-order valence-electron chi connectivity index (χ2n) is 16.5. The Morgan fingerprint density at radius 1 is 0.448 bits per heavy atom. The maximum absolute atomic E-state index is 11.9. The Hall–Kier alpha value is -5.48. The molecule has 4 nitrogen and oxygen atoms in total. The van der Waals surface area contributed by atoms with Crippen LogP contribution in [-0.2, 0) is 0 Å². The number of unbranched alkanes of at least 4 members (excludes halogenated alkanes) is 1. The maximum atomic E-state index is 11.9. The molecule has 0 aliphatic rings. The van der Waals surface area contributed by atoms with Gasteiger partial charge in [-0.25, -0.2) is 0 Å². The summed E-state index contributed by atoms with van der Waals surface area (Å²) in [6.07, 6.45) is 3.61. The molecule has 0 fully saturated rings. The molecule has 2 unspecified atom stereocenters. The fraction of sp³-hybridized carbons (Fsp3) is 0.333. The Morgan fingerprint density at radius 2 is 0.793 bits per heavy atom. The molecule has 2 atom stereocenters. The summed E-state index contributed by atoms with van der Waals surface area (Å²) in [6.45, 7) is 22.6. The molecule has 0 spiro atoms. The van der Waals surface area contributed by atoms with Crippen molar-refractivity contribution in [2.24, 2.45) is 0 Å². The molecule has 6 rings (SSSR count). The zero-order valence-electron chi connectivity index (χ0n) is 36.3. The van der Waals surface area contributed by atoms with Crippen molar-refractivity contribution in [2.75, 3.05) is 13.2 Å². The van der Waals surface area contributed by atoms with Crippen LogP contribution in [0.2, 0.25) is 0 Å². The number of hydrogen-bond donors (Lipinski definition) is 2. The van der Waals surface area contributed by atoms with Crippen LogP contribution in [0.15, 0.2) is 97.1 Å². The van der Waals surface area contributed by atoms with Gasteiger partial charge in [-0.15, -0.1) is 0 Å². The van der Waals surface area contributed by atoms with Gasteiger partial charge in [0, 0.05) is 33.4 Å². The molecule has 0 heterocycles. The molecule has 0 aliphatic heterocycles. The summed E-state index contributed by atoms with van der Waals surface area (Å²) in [5.74, 6) is 2.81. The van der Waals surface area contributed by atoms with Crippen LogP contribution in [0.25, 0.3) is 44.5 Å². The van der Waals surface area contributed by atoms with E-state index in [-0.39, 0.29) is 11.5 Å². The van der Waals surface area contributed by atoms with Gasteiger partial charge in [0.25, 0.3) is 0 Å². The predicted octanol–water partition coefficient (Wildman–Crippen LogP) is 14.9. The van der Waals surface area contributed by atoms with Crippen LogP contribution >= 0.6 is 0 Å². The quantitative estimate of drug-likeness (QED) is 0.102. The summed E-state index contributed by atoms with van der Waals surface area (Å²) in [5.41, 5.74) is 16.6. The highest BCUT2D eigenvalue weighted by atomic mass is 16.5. The SMILES string of the molecule is CCC(C)c1ccc(OCCCCOc2ccc(C(C)CC)cc2-c2cccc(-c3c(C)cc(C)cc3C)c2O)c(-c2cccc(-c3c(C)cc(C)cc3C)c2O)c1. The lowest BCUT2D eigenvalue weighted by molar-refractivity contribution is 0.267. The lowest BCUT2D eigenvalue weighted by Gasteiger charge is -2.20. The average molecular weight is 775 g/mol. The minimum absolute atomic E-state index is 0.271. The molecule has 0 saturated heterocycles. The smallest absolute Gasteiger partial charge is 0.131 e.